The lowest BCUT2D eigenvalue weighted by atomic mass is 10.1. The fourth-order valence-electron chi connectivity index (χ4n) is 2.04. The van der Waals surface area contributed by atoms with Crippen molar-refractivity contribution in [3.05, 3.63) is 29.9 Å². The van der Waals surface area contributed by atoms with Gasteiger partial charge in [-0.15, -0.1) is 0 Å². The number of quaternary nitrogens is 1. The predicted octanol–water partition coefficient (Wildman–Crippen LogP) is 0.865. The lowest BCUT2D eigenvalue weighted by Crippen LogP contribution is -3.15. The molecule has 16 heavy (non-hydrogen) atoms. The number of nitrogens with zero attached hydrogens (tertiary/aromatic N) is 2. The summed E-state index contributed by atoms with van der Waals surface area (Å²) in [6.07, 6.45) is 7.18. The van der Waals surface area contributed by atoms with Gasteiger partial charge in [0.25, 0.3) is 0 Å². The van der Waals surface area contributed by atoms with Gasteiger partial charge in [0.05, 0.1) is 19.1 Å². The van der Waals surface area contributed by atoms with Crippen LogP contribution in [-0.4, -0.2) is 29.1 Å². The van der Waals surface area contributed by atoms with E-state index in [0.29, 0.717) is 6.04 Å². The van der Waals surface area contributed by atoms with Gasteiger partial charge in [-0.05, 0) is 32.4 Å². The third-order valence-corrected chi connectivity index (χ3v) is 3.21. The van der Waals surface area contributed by atoms with Crippen molar-refractivity contribution >= 4 is 5.57 Å². The molecule has 1 N–H and O–H groups in total. The molecule has 1 aliphatic heterocycles. The molecule has 86 valence electrons. The predicted molar refractivity (Wildman–Crippen MR) is 65.2 cm³/mol. The molecule has 1 atom stereocenters. The molecule has 3 nitrogen and oxygen atoms in total. The fourth-order valence-corrected chi connectivity index (χ4v) is 2.04. The maximum Gasteiger partial charge on any atom is 0.155 e. The molecular weight excluding hydrogens is 198 g/mol. The van der Waals surface area contributed by atoms with E-state index in [2.05, 4.69) is 29.9 Å². The zero-order valence-corrected chi connectivity index (χ0v) is 10.3. The summed E-state index contributed by atoms with van der Waals surface area (Å²) in [5, 5.41) is 0. The van der Waals surface area contributed by atoms with Gasteiger partial charge in [0.2, 0.25) is 0 Å². The number of aryl methyl sites for hydroxylation is 1. The molecule has 2 rings (SSSR count). The van der Waals surface area contributed by atoms with Crippen LogP contribution in [0.2, 0.25) is 0 Å². The topological polar surface area (TPSA) is 30.2 Å². The van der Waals surface area contributed by atoms with Crippen LogP contribution in [0.15, 0.2) is 18.5 Å². The summed E-state index contributed by atoms with van der Waals surface area (Å²) in [4.78, 5) is 10.4. The van der Waals surface area contributed by atoms with Crippen LogP contribution in [0.4, 0.5) is 0 Å². The summed E-state index contributed by atoms with van der Waals surface area (Å²) in [7, 11) is 0. The standard InChI is InChI=1S/C13H19N3/c1-10(2)16-6-4-12(5-7-16)13-14-8-11(3)9-15-13/h4,8-10H,5-7H2,1-3H3/p+1. The van der Waals surface area contributed by atoms with Crippen LogP contribution >= 0.6 is 0 Å². The van der Waals surface area contributed by atoms with Crippen LogP contribution in [0, 0.1) is 6.92 Å². The average molecular weight is 218 g/mol. The number of aromatic nitrogens is 2. The molecule has 1 unspecified atom stereocenters. The van der Waals surface area contributed by atoms with Crippen molar-refractivity contribution in [2.75, 3.05) is 13.1 Å². The number of nitrogens with one attached hydrogen (secondary N) is 1. The fraction of sp³-hybridized carbons (Fsp3) is 0.538. The molecule has 1 aromatic heterocycles. The average Bonchev–Trinajstić information content (AvgIpc) is 2.30. The van der Waals surface area contributed by atoms with Crippen LogP contribution in [0.1, 0.15) is 31.7 Å². The highest BCUT2D eigenvalue weighted by Gasteiger charge is 2.19. The molecule has 2 heterocycles. The smallest absolute Gasteiger partial charge is 0.155 e. The molecule has 0 amide bonds. The number of rotatable bonds is 2. The Labute approximate surface area is 97.2 Å². The van der Waals surface area contributed by atoms with Gasteiger partial charge in [-0.3, -0.25) is 0 Å². The Bertz CT molecular complexity index is 379. The van der Waals surface area contributed by atoms with Crippen LogP contribution < -0.4 is 4.90 Å². The first kappa shape index (κ1) is 11.3. The highest BCUT2D eigenvalue weighted by atomic mass is 15.1. The highest BCUT2D eigenvalue weighted by Crippen LogP contribution is 2.13. The number of hydrogen-bond donors (Lipinski definition) is 1. The van der Waals surface area contributed by atoms with Crippen LogP contribution in [0.25, 0.3) is 5.57 Å². The minimum absolute atomic E-state index is 0.705. The second-order valence-electron chi connectivity index (χ2n) is 4.83. The summed E-state index contributed by atoms with van der Waals surface area (Å²) >= 11 is 0. The van der Waals surface area contributed by atoms with Gasteiger partial charge in [-0.1, -0.05) is 0 Å². The molecule has 0 fully saturated rings. The van der Waals surface area contributed by atoms with Gasteiger partial charge in [-0.2, -0.15) is 0 Å². The second-order valence-corrected chi connectivity index (χ2v) is 4.83. The van der Waals surface area contributed by atoms with Gasteiger partial charge < -0.3 is 4.90 Å². The molecule has 0 aliphatic carbocycles. The first-order valence-corrected chi connectivity index (χ1v) is 5.99. The summed E-state index contributed by atoms with van der Waals surface area (Å²) < 4.78 is 0. The minimum Gasteiger partial charge on any atom is -0.329 e. The molecular formula is C13H20N3+. The molecule has 1 aromatic rings. The maximum absolute atomic E-state index is 4.38. The van der Waals surface area contributed by atoms with Gasteiger partial charge in [0.15, 0.2) is 5.82 Å². The van der Waals surface area contributed by atoms with Crippen molar-refractivity contribution < 1.29 is 4.90 Å². The molecule has 1 aliphatic rings. The van der Waals surface area contributed by atoms with E-state index in [1.165, 1.54) is 12.1 Å². The molecule has 0 spiro atoms. The van der Waals surface area contributed by atoms with Gasteiger partial charge in [0, 0.05) is 24.4 Å². The third-order valence-electron chi connectivity index (χ3n) is 3.21. The highest BCUT2D eigenvalue weighted by molar-refractivity contribution is 5.60. The van der Waals surface area contributed by atoms with Crippen molar-refractivity contribution in [3.63, 3.8) is 0 Å². The third kappa shape index (κ3) is 2.47. The van der Waals surface area contributed by atoms with Gasteiger partial charge in [-0.25, -0.2) is 9.97 Å². The SMILES string of the molecule is Cc1cnc(C2=CC[NH+](C(C)C)CC2)nc1. The maximum atomic E-state index is 4.38. The van der Waals surface area contributed by atoms with Gasteiger partial charge >= 0.3 is 0 Å². The Morgan fingerprint density at radius 2 is 1.94 bits per heavy atom. The monoisotopic (exact) mass is 218 g/mol. The van der Waals surface area contributed by atoms with Crippen molar-refractivity contribution in [3.8, 4) is 0 Å². The van der Waals surface area contributed by atoms with Crippen LogP contribution in [-0.2, 0) is 0 Å². The normalized spacial score (nSPS) is 21.0. The van der Waals surface area contributed by atoms with Crippen molar-refractivity contribution in [2.24, 2.45) is 0 Å². The zero-order chi connectivity index (χ0) is 11.5. The molecule has 0 bridgehead atoms. The van der Waals surface area contributed by atoms with Crippen molar-refractivity contribution in [2.45, 2.75) is 33.2 Å². The number of hydrogen-bond acceptors (Lipinski definition) is 2. The van der Waals surface area contributed by atoms with Crippen LogP contribution in [0.3, 0.4) is 0 Å². The van der Waals surface area contributed by atoms with E-state index in [1.54, 1.807) is 4.90 Å². The van der Waals surface area contributed by atoms with E-state index in [1.807, 2.05) is 19.3 Å². The summed E-state index contributed by atoms with van der Waals surface area (Å²) in [5.41, 5.74) is 2.43. The molecule has 0 saturated heterocycles. The molecule has 0 radical (unpaired) electrons. The van der Waals surface area contributed by atoms with Gasteiger partial charge in [0.1, 0.15) is 0 Å². The lowest BCUT2D eigenvalue weighted by Gasteiger charge is -2.26. The summed E-state index contributed by atoms with van der Waals surface area (Å²) in [5.74, 6) is 0.911. The van der Waals surface area contributed by atoms with E-state index < -0.39 is 0 Å². The Morgan fingerprint density at radius 3 is 2.44 bits per heavy atom. The van der Waals surface area contributed by atoms with Crippen LogP contribution in [0.5, 0.6) is 0 Å². The van der Waals surface area contributed by atoms with Crippen molar-refractivity contribution in [1.82, 2.24) is 9.97 Å². The Kier molecular flexibility index (Phi) is 3.34. The largest absolute Gasteiger partial charge is 0.329 e. The van der Waals surface area contributed by atoms with Crippen molar-refractivity contribution in [1.29, 1.82) is 0 Å². The Morgan fingerprint density at radius 1 is 1.25 bits per heavy atom. The zero-order valence-electron chi connectivity index (χ0n) is 10.3. The lowest BCUT2D eigenvalue weighted by molar-refractivity contribution is -0.916. The second kappa shape index (κ2) is 4.74. The molecule has 0 aromatic carbocycles. The summed E-state index contributed by atoms with van der Waals surface area (Å²) in [6.45, 7) is 8.86. The Hall–Kier alpha value is -1.22. The van der Waals surface area contributed by atoms with E-state index in [0.717, 1.165) is 24.4 Å². The summed E-state index contributed by atoms with van der Waals surface area (Å²) in [6, 6.07) is 0.705. The van der Waals surface area contributed by atoms with E-state index in [9.17, 15) is 0 Å². The Balaban J connectivity index is 2.10. The van der Waals surface area contributed by atoms with E-state index in [-0.39, 0.29) is 0 Å². The first-order chi connectivity index (χ1) is 7.66. The first-order valence-electron chi connectivity index (χ1n) is 5.99. The van der Waals surface area contributed by atoms with E-state index >= 15 is 0 Å². The molecule has 0 saturated carbocycles. The molecule has 3 heteroatoms. The minimum atomic E-state index is 0.705. The van der Waals surface area contributed by atoms with E-state index in [4.69, 9.17) is 0 Å². The quantitative estimate of drug-likeness (QED) is 0.798.